The molecule has 41 heavy (non-hydrogen) atoms. The fraction of sp³-hybridized carbons (Fsp3) is 0.862. The number of ketones is 3. The molecule has 0 radical (unpaired) electrons. The molecule has 0 aromatic carbocycles. The molecular weight excluding hydrogens is 565 g/mol. The van der Waals surface area contributed by atoms with Crippen LogP contribution in [0.3, 0.4) is 0 Å². The predicted molar refractivity (Wildman–Crippen MR) is 139 cm³/mol. The number of hydrogen-bond donors (Lipinski definition) is 0. The van der Waals surface area contributed by atoms with Crippen LogP contribution in [0.4, 0.5) is 13.2 Å². The van der Waals surface area contributed by atoms with Gasteiger partial charge in [0.1, 0.15) is 17.3 Å². The number of hydrogen-bond acceptors (Lipinski definition) is 8. The molecule has 232 valence electrons. The van der Waals surface area contributed by atoms with Gasteiger partial charge in [-0.2, -0.15) is 8.78 Å². The lowest BCUT2D eigenvalue weighted by atomic mass is 9.42. The quantitative estimate of drug-likeness (QED) is 0.271. The standard InChI is InChI=1S/C29H41F3O8S/c1-16(5-6-24(36)40-12-9-22(30)29(31,32)41(37,38)39)27(3)11-8-19-25-20(15-23(35)28(19,27)4)26(2)10-7-18(33)13-17(26)14-21(25)34/h16-17,19-20,22,25H,5-15H2,1-4H3,(H,37,38,39)/p-1/t16-,17?,19?,20?,22?,25?,26+,27-,28-/m1/s1. The number of Topliss-reactive ketones (excluding diaryl/α,β-unsaturated/α-hetero) is 3. The lowest BCUT2D eigenvalue weighted by Crippen LogP contribution is -2.61. The third-order valence-electron chi connectivity index (χ3n) is 12.0. The van der Waals surface area contributed by atoms with Gasteiger partial charge in [0.2, 0.25) is 0 Å². The molecule has 0 spiro atoms. The Bertz CT molecular complexity index is 1220. The van der Waals surface area contributed by atoms with Crippen molar-refractivity contribution >= 4 is 33.4 Å². The highest BCUT2D eigenvalue weighted by atomic mass is 32.2. The van der Waals surface area contributed by atoms with E-state index in [4.69, 9.17) is 4.74 Å². The van der Waals surface area contributed by atoms with Crippen molar-refractivity contribution in [2.75, 3.05) is 6.61 Å². The molecule has 0 N–H and O–H groups in total. The minimum Gasteiger partial charge on any atom is -0.743 e. The maximum absolute atomic E-state index is 14.0. The van der Waals surface area contributed by atoms with Crippen LogP contribution < -0.4 is 0 Å². The Morgan fingerprint density at radius 3 is 2.37 bits per heavy atom. The molecule has 0 heterocycles. The molecule has 4 aliphatic rings. The van der Waals surface area contributed by atoms with E-state index in [0.717, 1.165) is 0 Å². The van der Waals surface area contributed by atoms with E-state index in [2.05, 4.69) is 6.92 Å². The van der Waals surface area contributed by atoms with Crippen LogP contribution in [0.5, 0.6) is 0 Å². The summed E-state index contributed by atoms with van der Waals surface area (Å²) in [4.78, 5) is 52.1. The lowest BCUT2D eigenvalue weighted by Gasteiger charge is -2.60. The van der Waals surface area contributed by atoms with Gasteiger partial charge < -0.3 is 9.29 Å². The Morgan fingerprint density at radius 2 is 1.73 bits per heavy atom. The number of alkyl halides is 3. The fourth-order valence-electron chi connectivity index (χ4n) is 8.88. The number of rotatable bonds is 9. The first-order valence-corrected chi connectivity index (χ1v) is 15.9. The van der Waals surface area contributed by atoms with Crippen LogP contribution in [0, 0.1) is 45.8 Å². The average Bonchev–Trinajstić information content (AvgIpc) is 3.16. The molecule has 0 aromatic heterocycles. The topological polar surface area (TPSA) is 135 Å². The Balaban J connectivity index is 1.40. The molecule has 0 saturated heterocycles. The van der Waals surface area contributed by atoms with Crippen LogP contribution in [0.2, 0.25) is 0 Å². The van der Waals surface area contributed by atoms with Crippen LogP contribution in [-0.4, -0.2) is 54.3 Å². The van der Waals surface area contributed by atoms with E-state index in [1.807, 2.05) is 20.8 Å². The SMILES string of the molecule is C[C@H](CCC(=O)OCCC(F)C(F)(F)S(=O)(=O)[O-])[C@@]1(C)CCC2C3C(=O)CC4CC(=O)CC[C@]4(C)C3CC(=O)[C@@]21C. The van der Waals surface area contributed by atoms with Gasteiger partial charge in [0.05, 0.1) is 6.61 Å². The molecule has 0 aromatic rings. The van der Waals surface area contributed by atoms with Gasteiger partial charge in [-0.1, -0.05) is 27.7 Å². The zero-order chi connectivity index (χ0) is 30.8. The number of carbonyl (C=O) groups is 4. The monoisotopic (exact) mass is 605 g/mol. The second kappa shape index (κ2) is 10.7. The molecular formula is C29H40F3O8S-. The van der Waals surface area contributed by atoms with Crippen molar-refractivity contribution in [1.82, 2.24) is 0 Å². The number of esters is 1. The third kappa shape index (κ3) is 5.08. The zero-order valence-electron chi connectivity index (χ0n) is 24.1. The maximum Gasteiger partial charge on any atom is 0.364 e. The second-order valence-electron chi connectivity index (χ2n) is 13.6. The molecule has 9 atom stereocenters. The van der Waals surface area contributed by atoms with Crippen LogP contribution >= 0.6 is 0 Å². The lowest BCUT2D eigenvalue weighted by molar-refractivity contribution is -0.171. The van der Waals surface area contributed by atoms with Crippen molar-refractivity contribution in [3.63, 3.8) is 0 Å². The van der Waals surface area contributed by atoms with Gasteiger partial charge in [0.15, 0.2) is 16.3 Å². The summed E-state index contributed by atoms with van der Waals surface area (Å²) in [6.07, 6.45) is -0.634. The molecule has 8 nitrogen and oxygen atoms in total. The van der Waals surface area contributed by atoms with Crippen molar-refractivity contribution in [3.8, 4) is 0 Å². The first-order chi connectivity index (χ1) is 18.8. The van der Waals surface area contributed by atoms with E-state index in [-0.39, 0.29) is 58.8 Å². The number of fused-ring (bicyclic) bond motifs is 5. The summed E-state index contributed by atoms with van der Waals surface area (Å²) >= 11 is 0. The average molecular weight is 606 g/mol. The van der Waals surface area contributed by atoms with Gasteiger partial charge in [0, 0.05) is 49.9 Å². The van der Waals surface area contributed by atoms with Gasteiger partial charge in [0.25, 0.3) is 0 Å². The van der Waals surface area contributed by atoms with E-state index in [1.165, 1.54) is 0 Å². The van der Waals surface area contributed by atoms with Crippen LogP contribution in [-0.2, 0) is 34.0 Å². The number of ether oxygens (including phenoxy) is 1. The van der Waals surface area contributed by atoms with Crippen molar-refractivity contribution in [1.29, 1.82) is 0 Å². The van der Waals surface area contributed by atoms with Crippen molar-refractivity contribution in [2.45, 2.75) is 103 Å². The van der Waals surface area contributed by atoms with Gasteiger partial charge in [-0.15, -0.1) is 0 Å². The van der Waals surface area contributed by atoms with Crippen molar-refractivity contribution in [3.05, 3.63) is 0 Å². The largest absolute Gasteiger partial charge is 0.743 e. The van der Waals surface area contributed by atoms with Crippen molar-refractivity contribution in [2.24, 2.45) is 45.8 Å². The Hall–Kier alpha value is -1.82. The van der Waals surface area contributed by atoms with E-state index < -0.39 is 51.4 Å². The summed E-state index contributed by atoms with van der Waals surface area (Å²) in [5.41, 5.74) is -1.52. The molecule has 0 aliphatic heterocycles. The molecule has 4 rings (SSSR count). The highest BCUT2D eigenvalue weighted by Gasteiger charge is 2.69. The predicted octanol–water partition coefficient (Wildman–Crippen LogP) is 4.79. The van der Waals surface area contributed by atoms with Crippen LogP contribution in [0.25, 0.3) is 0 Å². The van der Waals surface area contributed by atoms with Crippen molar-refractivity contribution < 1.29 is 50.1 Å². The summed E-state index contributed by atoms with van der Waals surface area (Å²) in [5.74, 6) is -0.949. The third-order valence-corrected chi connectivity index (χ3v) is 12.9. The summed E-state index contributed by atoms with van der Waals surface area (Å²) in [7, 11) is -6.19. The summed E-state index contributed by atoms with van der Waals surface area (Å²) in [5, 5.41) is -5.12. The Kier molecular flexibility index (Phi) is 8.39. The van der Waals surface area contributed by atoms with E-state index in [0.29, 0.717) is 51.4 Å². The Morgan fingerprint density at radius 1 is 1.07 bits per heavy atom. The number of halogens is 3. The summed E-state index contributed by atoms with van der Waals surface area (Å²) in [6, 6.07) is 0. The molecule has 0 bridgehead atoms. The minimum absolute atomic E-state index is 0.0176. The van der Waals surface area contributed by atoms with Gasteiger partial charge in [-0.25, -0.2) is 12.8 Å². The molecule has 0 amide bonds. The van der Waals surface area contributed by atoms with Gasteiger partial charge >= 0.3 is 11.2 Å². The summed E-state index contributed by atoms with van der Waals surface area (Å²) < 4.78 is 76.7. The second-order valence-corrected chi connectivity index (χ2v) is 15.0. The van der Waals surface area contributed by atoms with Crippen LogP contribution in [0.15, 0.2) is 0 Å². The molecule has 4 saturated carbocycles. The molecule has 4 aliphatic carbocycles. The highest BCUT2D eigenvalue weighted by molar-refractivity contribution is 7.86. The maximum atomic E-state index is 14.0. The van der Waals surface area contributed by atoms with E-state index in [9.17, 15) is 45.3 Å². The highest BCUT2D eigenvalue weighted by Crippen LogP contribution is 2.70. The first kappa shape index (κ1) is 32.1. The summed E-state index contributed by atoms with van der Waals surface area (Å²) in [6.45, 7) is 7.25. The zero-order valence-corrected chi connectivity index (χ0v) is 24.9. The first-order valence-electron chi connectivity index (χ1n) is 14.5. The minimum atomic E-state index is -6.19. The van der Waals surface area contributed by atoms with E-state index >= 15 is 0 Å². The number of carbonyl (C=O) groups excluding carboxylic acids is 4. The van der Waals surface area contributed by atoms with E-state index in [1.54, 1.807) is 0 Å². The smallest absolute Gasteiger partial charge is 0.364 e. The molecule has 4 fully saturated rings. The van der Waals surface area contributed by atoms with Gasteiger partial charge in [-0.05, 0) is 60.2 Å². The fourth-order valence-corrected chi connectivity index (χ4v) is 9.31. The normalized spacial score (nSPS) is 39.0. The molecule has 5 unspecified atom stereocenters. The van der Waals surface area contributed by atoms with Crippen LogP contribution in [0.1, 0.15) is 91.9 Å². The van der Waals surface area contributed by atoms with Gasteiger partial charge in [-0.3, -0.25) is 19.2 Å². The Labute approximate surface area is 239 Å². The molecule has 12 heteroatoms.